The van der Waals surface area contributed by atoms with Gasteiger partial charge in [-0.15, -0.1) is 0 Å². The average molecular weight is 285 g/mol. The predicted molar refractivity (Wildman–Crippen MR) is 81.9 cm³/mol. The number of rotatable bonds is 6. The summed E-state index contributed by atoms with van der Waals surface area (Å²) in [6, 6.07) is 7.04. The second kappa shape index (κ2) is 9.10. The fourth-order valence-corrected chi connectivity index (χ4v) is 3.33. The largest absolute Gasteiger partial charge is 0.243 e. The molecule has 4 heteroatoms. The van der Waals surface area contributed by atoms with Crippen LogP contribution in [-0.2, 0) is 10.0 Å². The smallest absolute Gasteiger partial charge is 0.207 e. The van der Waals surface area contributed by atoms with Gasteiger partial charge in [-0.1, -0.05) is 45.4 Å². The minimum absolute atomic E-state index is 0.394. The van der Waals surface area contributed by atoms with Crippen LogP contribution in [0, 0.1) is 6.92 Å². The normalized spacial score (nSPS) is 11.1. The van der Waals surface area contributed by atoms with Crippen molar-refractivity contribution in [2.24, 2.45) is 0 Å². The van der Waals surface area contributed by atoms with Crippen LogP contribution in [0.1, 0.15) is 46.1 Å². The number of hydrogen-bond donors (Lipinski definition) is 0. The maximum Gasteiger partial charge on any atom is 0.243 e. The third-order valence-corrected chi connectivity index (χ3v) is 4.52. The molecular weight excluding hydrogens is 258 g/mol. The molecule has 0 bridgehead atoms. The van der Waals surface area contributed by atoms with Gasteiger partial charge < -0.3 is 0 Å². The SMILES string of the molecule is CC.CCCN(CCC)S(=O)(=O)c1ccc(C)cc1. The van der Waals surface area contributed by atoms with E-state index < -0.39 is 10.0 Å². The summed E-state index contributed by atoms with van der Waals surface area (Å²) in [7, 11) is -3.31. The highest BCUT2D eigenvalue weighted by Gasteiger charge is 2.22. The maximum atomic E-state index is 12.3. The molecule has 0 aromatic heterocycles. The van der Waals surface area contributed by atoms with E-state index in [0.717, 1.165) is 18.4 Å². The lowest BCUT2D eigenvalue weighted by molar-refractivity contribution is 0.410. The van der Waals surface area contributed by atoms with Gasteiger partial charge in [0.25, 0.3) is 0 Å². The van der Waals surface area contributed by atoms with Gasteiger partial charge in [-0.25, -0.2) is 8.42 Å². The highest BCUT2D eigenvalue weighted by Crippen LogP contribution is 2.16. The third kappa shape index (κ3) is 5.33. The van der Waals surface area contributed by atoms with Crippen molar-refractivity contribution in [2.75, 3.05) is 13.1 Å². The number of benzene rings is 1. The zero-order valence-corrected chi connectivity index (χ0v) is 13.6. The molecule has 0 unspecified atom stereocenters. The molecule has 1 rings (SSSR count). The Labute approximate surface area is 118 Å². The molecule has 0 heterocycles. The van der Waals surface area contributed by atoms with Gasteiger partial charge in [0.05, 0.1) is 4.90 Å². The summed E-state index contributed by atoms with van der Waals surface area (Å²) >= 11 is 0. The average Bonchev–Trinajstić information content (AvgIpc) is 2.41. The van der Waals surface area contributed by atoms with Crippen molar-refractivity contribution >= 4 is 10.0 Å². The quantitative estimate of drug-likeness (QED) is 0.796. The predicted octanol–water partition coefficient (Wildman–Crippen LogP) is 3.83. The monoisotopic (exact) mass is 285 g/mol. The lowest BCUT2D eigenvalue weighted by Gasteiger charge is -2.21. The Morgan fingerprint density at radius 3 is 1.74 bits per heavy atom. The van der Waals surface area contributed by atoms with E-state index in [2.05, 4.69) is 0 Å². The van der Waals surface area contributed by atoms with Crippen molar-refractivity contribution in [1.82, 2.24) is 4.31 Å². The molecule has 0 N–H and O–H groups in total. The lowest BCUT2D eigenvalue weighted by atomic mass is 10.2. The standard InChI is InChI=1S/C13H21NO2S.C2H6/c1-4-10-14(11-5-2)17(15,16)13-8-6-12(3)7-9-13;1-2/h6-9H,4-5,10-11H2,1-3H3;1-2H3. The number of nitrogens with zero attached hydrogens (tertiary/aromatic N) is 1. The molecule has 1 aromatic carbocycles. The Morgan fingerprint density at radius 1 is 0.947 bits per heavy atom. The summed E-state index contributed by atoms with van der Waals surface area (Å²) in [6.45, 7) is 11.1. The lowest BCUT2D eigenvalue weighted by Crippen LogP contribution is -2.32. The first kappa shape index (κ1) is 18.1. The molecule has 0 spiro atoms. The molecule has 110 valence electrons. The van der Waals surface area contributed by atoms with Crippen LogP contribution in [-0.4, -0.2) is 25.8 Å². The molecular formula is C15H27NO2S. The van der Waals surface area contributed by atoms with E-state index in [1.807, 2.05) is 46.8 Å². The van der Waals surface area contributed by atoms with E-state index >= 15 is 0 Å². The molecule has 0 amide bonds. The first-order chi connectivity index (χ1) is 9.02. The van der Waals surface area contributed by atoms with Gasteiger partial charge in [-0.3, -0.25) is 0 Å². The van der Waals surface area contributed by atoms with Gasteiger partial charge >= 0.3 is 0 Å². The van der Waals surface area contributed by atoms with Crippen molar-refractivity contribution in [3.05, 3.63) is 29.8 Å². The minimum Gasteiger partial charge on any atom is -0.207 e. The maximum absolute atomic E-state index is 12.3. The molecule has 0 saturated carbocycles. The summed E-state index contributed by atoms with van der Waals surface area (Å²) in [6.07, 6.45) is 1.68. The Bertz CT molecular complexity index is 432. The summed E-state index contributed by atoms with van der Waals surface area (Å²) in [5.74, 6) is 0. The summed E-state index contributed by atoms with van der Waals surface area (Å²) in [4.78, 5) is 0.394. The van der Waals surface area contributed by atoms with Gasteiger partial charge in [0.15, 0.2) is 0 Å². The van der Waals surface area contributed by atoms with Crippen LogP contribution in [0.15, 0.2) is 29.2 Å². The Morgan fingerprint density at radius 2 is 1.37 bits per heavy atom. The third-order valence-electron chi connectivity index (χ3n) is 2.60. The van der Waals surface area contributed by atoms with E-state index in [1.165, 1.54) is 0 Å². The van der Waals surface area contributed by atoms with Crippen LogP contribution in [0.3, 0.4) is 0 Å². The number of sulfonamides is 1. The molecule has 0 fully saturated rings. The van der Waals surface area contributed by atoms with Gasteiger partial charge in [0.1, 0.15) is 0 Å². The first-order valence-electron chi connectivity index (χ1n) is 7.09. The van der Waals surface area contributed by atoms with Crippen molar-refractivity contribution in [3.8, 4) is 0 Å². The van der Waals surface area contributed by atoms with Crippen LogP contribution >= 0.6 is 0 Å². The molecule has 3 nitrogen and oxygen atoms in total. The molecule has 1 aromatic rings. The van der Waals surface area contributed by atoms with Crippen molar-refractivity contribution in [1.29, 1.82) is 0 Å². The Hall–Kier alpha value is -0.870. The van der Waals surface area contributed by atoms with E-state index in [-0.39, 0.29) is 0 Å². The van der Waals surface area contributed by atoms with Crippen molar-refractivity contribution in [3.63, 3.8) is 0 Å². The van der Waals surface area contributed by atoms with Crippen LogP contribution in [0.4, 0.5) is 0 Å². The molecule has 0 atom stereocenters. The van der Waals surface area contributed by atoms with Gasteiger partial charge in [0, 0.05) is 13.1 Å². The zero-order chi connectivity index (χ0) is 14.9. The topological polar surface area (TPSA) is 37.4 Å². The van der Waals surface area contributed by atoms with Crippen LogP contribution in [0.5, 0.6) is 0 Å². The van der Waals surface area contributed by atoms with E-state index in [1.54, 1.807) is 16.4 Å². The van der Waals surface area contributed by atoms with E-state index in [4.69, 9.17) is 0 Å². The van der Waals surface area contributed by atoms with Gasteiger partial charge in [-0.2, -0.15) is 4.31 Å². The Kier molecular flexibility index (Phi) is 8.68. The summed E-state index contributed by atoms with van der Waals surface area (Å²) < 4.78 is 26.3. The fraction of sp³-hybridized carbons (Fsp3) is 0.600. The van der Waals surface area contributed by atoms with Crippen LogP contribution < -0.4 is 0 Å². The van der Waals surface area contributed by atoms with Crippen LogP contribution in [0.2, 0.25) is 0 Å². The molecule has 0 aliphatic carbocycles. The van der Waals surface area contributed by atoms with Crippen LogP contribution in [0.25, 0.3) is 0 Å². The Balaban J connectivity index is 0.00000154. The van der Waals surface area contributed by atoms with E-state index in [9.17, 15) is 8.42 Å². The van der Waals surface area contributed by atoms with E-state index in [0.29, 0.717) is 18.0 Å². The first-order valence-corrected chi connectivity index (χ1v) is 8.53. The molecule has 0 aliphatic heterocycles. The minimum atomic E-state index is -3.31. The number of hydrogen-bond acceptors (Lipinski definition) is 2. The molecule has 0 aliphatic rings. The van der Waals surface area contributed by atoms with Gasteiger partial charge in [-0.05, 0) is 31.9 Å². The molecule has 0 saturated heterocycles. The van der Waals surface area contributed by atoms with Gasteiger partial charge in [0.2, 0.25) is 10.0 Å². The summed E-state index contributed by atoms with van der Waals surface area (Å²) in [5.41, 5.74) is 1.07. The second-order valence-electron chi connectivity index (χ2n) is 4.22. The molecule has 19 heavy (non-hydrogen) atoms. The highest BCUT2D eigenvalue weighted by atomic mass is 32.2. The van der Waals surface area contributed by atoms with Crippen molar-refractivity contribution in [2.45, 2.75) is 52.4 Å². The highest BCUT2D eigenvalue weighted by molar-refractivity contribution is 7.89. The van der Waals surface area contributed by atoms with Crippen molar-refractivity contribution < 1.29 is 8.42 Å². The second-order valence-corrected chi connectivity index (χ2v) is 6.16. The zero-order valence-electron chi connectivity index (χ0n) is 12.8. The number of aryl methyl sites for hydroxylation is 1. The summed E-state index contributed by atoms with van der Waals surface area (Å²) in [5, 5.41) is 0. The molecule has 0 radical (unpaired) electrons. The fourth-order valence-electron chi connectivity index (χ4n) is 1.71.